The molecular weight excluding hydrogens is 244 g/mol. The van der Waals surface area contributed by atoms with E-state index in [1.165, 1.54) is 12.6 Å². The first kappa shape index (κ1) is 13.3. The molecule has 5 nitrogen and oxygen atoms in total. The number of carbonyl (C=O) groups excluding carboxylic acids is 3. The number of hydrogen-bond acceptors (Lipinski definition) is 3. The summed E-state index contributed by atoms with van der Waals surface area (Å²) in [7, 11) is 1.40. The van der Waals surface area contributed by atoms with Crippen LogP contribution in [0.25, 0.3) is 0 Å². The van der Waals surface area contributed by atoms with Gasteiger partial charge in [-0.15, -0.1) is 0 Å². The van der Waals surface area contributed by atoms with Crippen LogP contribution < -0.4 is 0 Å². The van der Waals surface area contributed by atoms with Crippen LogP contribution >= 0.6 is 0 Å². The van der Waals surface area contributed by atoms with Gasteiger partial charge in [0.15, 0.2) is 0 Å². The molecule has 0 N–H and O–H groups in total. The van der Waals surface area contributed by atoms with E-state index in [-0.39, 0.29) is 6.42 Å². The number of rotatable bonds is 4. The van der Waals surface area contributed by atoms with E-state index >= 15 is 0 Å². The molecule has 0 aliphatic carbocycles. The molecule has 2 rings (SSSR count). The topological polar surface area (TPSA) is 57.7 Å². The van der Waals surface area contributed by atoms with Gasteiger partial charge >= 0.3 is 6.03 Å². The van der Waals surface area contributed by atoms with E-state index in [0.29, 0.717) is 13.0 Å². The maximum atomic E-state index is 11.8. The van der Waals surface area contributed by atoms with Gasteiger partial charge in [-0.05, 0) is 18.4 Å². The van der Waals surface area contributed by atoms with Crippen molar-refractivity contribution in [2.24, 2.45) is 0 Å². The zero-order valence-electron chi connectivity index (χ0n) is 10.8. The Bertz CT molecular complexity index is 499. The van der Waals surface area contributed by atoms with Crippen molar-refractivity contribution in [2.75, 3.05) is 13.6 Å². The highest BCUT2D eigenvalue weighted by molar-refractivity contribution is 6.13. The molecule has 0 radical (unpaired) electrons. The molecule has 1 fully saturated rings. The van der Waals surface area contributed by atoms with Crippen LogP contribution in [0, 0.1) is 0 Å². The van der Waals surface area contributed by atoms with Crippen LogP contribution in [0.4, 0.5) is 4.79 Å². The van der Waals surface area contributed by atoms with Crippen molar-refractivity contribution in [1.29, 1.82) is 0 Å². The Morgan fingerprint density at radius 2 is 1.74 bits per heavy atom. The lowest BCUT2D eigenvalue weighted by Gasteiger charge is -2.30. The third-order valence-corrected chi connectivity index (χ3v) is 3.19. The lowest BCUT2D eigenvalue weighted by molar-refractivity contribution is -0.141. The molecule has 1 aliphatic heterocycles. The molecule has 0 spiro atoms. The number of hydrogen-bond donors (Lipinski definition) is 0. The van der Waals surface area contributed by atoms with Crippen LogP contribution in [0.3, 0.4) is 0 Å². The van der Waals surface area contributed by atoms with Crippen molar-refractivity contribution in [1.82, 2.24) is 9.80 Å². The van der Waals surface area contributed by atoms with E-state index in [0.717, 1.165) is 16.2 Å². The summed E-state index contributed by atoms with van der Waals surface area (Å²) in [6, 6.07) is 9.36. The fourth-order valence-corrected chi connectivity index (χ4v) is 2.04. The van der Waals surface area contributed by atoms with Gasteiger partial charge in [-0.2, -0.15) is 0 Å². The van der Waals surface area contributed by atoms with Gasteiger partial charge in [0.1, 0.15) is 6.42 Å². The zero-order chi connectivity index (χ0) is 13.8. The summed E-state index contributed by atoms with van der Waals surface area (Å²) in [6.45, 7) is 0.351. The number of aryl methyl sites for hydroxylation is 1. The average molecular weight is 260 g/mol. The number of urea groups is 1. The Morgan fingerprint density at radius 3 is 2.42 bits per heavy atom. The molecule has 19 heavy (non-hydrogen) atoms. The molecule has 4 amide bonds. The van der Waals surface area contributed by atoms with Gasteiger partial charge in [0.25, 0.3) is 0 Å². The fourth-order valence-electron chi connectivity index (χ4n) is 2.04. The second-order valence-electron chi connectivity index (χ2n) is 4.55. The van der Waals surface area contributed by atoms with Gasteiger partial charge in [0.2, 0.25) is 11.8 Å². The second kappa shape index (κ2) is 5.65. The second-order valence-corrected chi connectivity index (χ2v) is 4.55. The van der Waals surface area contributed by atoms with Crippen LogP contribution in [-0.4, -0.2) is 41.2 Å². The van der Waals surface area contributed by atoms with Gasteiger partial charge in [0, 0.05) is 13.6 Å². The standard InChI is InChI=1S/C14H16N2O3/c1-15-12(17)10-13(18)16(14(15)19)9-5-8-11-6-3-2-4-7-11/h2-4,6-7H,5,8-10H2,1H3. The summed E-state index contributed by atoms with van der Waals surface area (Å²) >= 11 is 0. The normalized spacial score (nSPS) is 16.2. The monoisotopic (exact) mass is 260 g/mol. The smallest absolute Gasteiger partial charge is 0.274 e. The molecule has 1 aromatic carbocycles. The van der Waals surface area contributed by atoms with Gasteiger partial charge in [0.05, 0.1) is 0 Å². The lowest BCUT2D eigenvalue weighted by Crippen LogP contribution is -2.53. The maximum Gasteiger partial charge on any atom is 0.333 e. The Labute approximate surface area is 111 Å². The molecule has 1 saturated heterocycles. The molecule has 1 aromatic rings. The largest absolute Gasteiger partial charge is 0.333 e. The summed E-state index contributed by atoms with van der Waals surface area (Å²) in [6.07, 6.45) is 1.28. The predicted molar refractivity (Wildman–Crippen MR) is 69.3 cm³/mol. The SMILES string of the molecule is CN1C(=O)CC(=O)N(CCCc2ccccc2)C1=O. The summed E-state index contributed by atoms with van der Waals surface area (Å²) in [4.78, 5) is 36.9. The maximum absolute atomic E-state index is 11.8. The molecule has 100 valence electrons. The summed E-state index contributed by atoms with van der Waals surface area (Å²) in [5.41, 5.74) is 1.17. The van der Waals surface area contributed by atoms with Crippen molar-refractivity contribution in [2.45, 2.75) is 19.3 Å². The first-order chi connectivity index (χ1) is 9.09. The molecule has 0 unspecified atom stereocenters. The molecule has 0 bridgehead atoms. The van der Waals surface area contributed by atoms with Gasteiger partial charge in [-0.25, -0.2) is 4.79 Å². The number of imide groups is 2. The van der Waals surface area contributed by atoms with Gasteiger partial charge in [-0.1, -0.05) is 30.3 Å². The molecule has 1 heterocycles. The summed E-state index contributed by atoms with van der Waals surface area (Å²) in [5.74, 6) is -0.838. The molecular formula is C14H16N2O3. The molecule has 0 aromatic heterocycles. The number of benzene rings is 1. The van der Waals surface area contributed by atoms with Gasteiger partial charge in [-0.3, -0.25) is 19.4 Å². The first-order valence-corrected chi connectivity index (χ1v) is 6.24. The third-order valence-electron chi connectivity index (χ3n) is 3.19. The van der Waals surface area contributed by atoms with Crippen LogP contribution in [0.2, 0.25) is 0 Å². The fraction of sp³-hybridized carbons (Fsp3) is 0.357. The molecule has 1 aliphatic rings. The Hall–Kier alpha value is -2.17. The number of amides is 4. The molecule has 0 atom stereocenters. The Morgan fingerprint density at radius 1 is 1.05 bits per heavy atom. The third kappa shape index (κ3) is 2.99. The van der Waals surface area contributed by atoms with Crippen molar-refractivity contribution in [3.8, 4) is 0 Å². The number of carbonyl (C=O) groups is 3. The lowest BCUT2D eigenvalue weighted by atomic mass is 10.1. The van der Waals surface area contributed by atoms with Crippen LogP contribution in [0.5, 0.6) is 0 Å². The Balaban J connectivity index is 1.90. The molecule has 5 heteroatoms. The quantitative estimate of drug-likeness (QED) is 0.769. The minimum absolute atomic E-state index is 0.215. The summed E-state index contributed by atoms with van der Waals surface area (Å²) in [5, 5.41) is 0. The van der Waals surface area contributed by atoms with Crippen molar-refractivity contribution in [3.63, 3.8) is 0 Å². The Kier molecular flexibility index (Phi) is 3.94. The van der Waals surface area contributed by atoms with E-state index in [2.05, 4.69) is 0 Å². The van der Waals surface area contributed by atoms with E-state index in [4.69, 9.17) is 0 Å². The van der Waals surface area contributed by atoms with E-state index in [9.17, 15) is 14.4 Å². The van der Waals surface area contributed by atoms with Crippen molar-refractivity contribution in [3.05, 3.63) is 35.9 Å². The highest BCUT2D eigenvalue weighted by Gasteiger charge is 2.34. The van der Waals surface area contributed by atoms with Crippen molar-refractivity contribution >= 4 is 17.8 Å². The predicted octanol–water partition coefficient (Wildman–Crippen LogP) is 1.43. The van der Waals surface area contributed by atoms with Crippen molar-refractivity contribution < 1.29 is 14.4 Å². The van der Waals surface area contributed by atoms with E-state index < -0.39 is 17.8 Å². The van der Waals surface area contributed by atoms with E-state index in [1.807, 2.05) is 30.3 Å². The zero-order valence-corrected chi connectivity index (χ0v) is 10.8. The minimum atomic E-state index is -0.519. The van der Waals surface area contributed by atoms with Crippen LogP contribution in [0.15, 0.2) is 30.3 Å². The van der Waals surface area contributed by atoms with Gasteiger partial charge < -0.3 is 0 Å². The molecule has 0 saturated carbocycles. The summed E-state index contributed by atoms with van der Waals surface area (Å²) < 4.78 is 0. The minimum Gasteiger partial charge on any atom is -0.274 e. The number of barbiturate groups is 1. The van der Waals surface area contributed by atoms with Crippen LogP contribution in [-0.2, 0) is 16.0 Å². The number of nitrogens with zero attached hydrogens (tertiary/aromatic N) is 2. The average Bonchev–Trinajstić information content (AvgIpc) is 2.41. The highest BCUT2D eigenvalue weighted by Crippen LogP contribution is 2.12. The highest BCUT2D eigenvalue weighted by atomic mass is 16.2. The van der Waals surface area contributed by atoms with E-state index in [1.54, 1.807) is 0 Å². The first-order valence-electron chi connectivity index (χ1n) is 6.24. The van der Waals surface area contributed by atoms with Crippen LogP contribution in [0.1, 0.15) is 18.4 Å².